The average Bonchev–Trinajstić information content (AvgIpc) is 3.26. The lowest BCUT2D eigenvalue weighted by Crippen LogP contribution is -2.57. The Bertz CT molecular complexity index is 2110. The Hall–Kier alpha value is -3.99. The van der Waals surface area contributed by atoms with Crippen LogP contribution in [-0.4, -0.2) is 128 Å². The highest BCUT2D eigenvalue weighted by Crippen LogP contribution is 2.50. The summed E-state index contributed by atoms with van der Waals surface area (Å²) in [6.07, 6.45) is -0.723. The fraction of sp³-hybridized carbons (Fsp3) is 0.468. The third kappa shape index (κ3) is 24.0. The van der Waals surface area contributed by atoms with Gasteiger partial charge in [-0.3, -0.25) is 24.0 Å². The molecule has 0 spiro atoms. The predicted octanol–water partition coefficient (Wildman–Crippen LogP) is 7.61. The van der Waals surface area contributed by atoms with Gasteiger partial charge in [0.05, 0.1) is 6.54 Å². The smallest absolute Gasteiger partial charge is 0.408 e. The van der Waals surface area contributed by atoms with E-state index in [1.54, 1.807) is 120 Å². The molecular weight excluding hydrogens is 985 g/mol. The summed E-state index contributed by atoms with van der Waals surface area (Å²) in [7, 11) is 5.04. The van der Waals surface area contributed by atoms with Gasteiger partial charge in [-0.25, -0.2) is 9.59 Å². The number of alkyl carbamates (subject to hydrolysis) is 1. The van der Waals surface area contributed by atoms with E-state index in [2.05, 4.69) is 26.6 Å². The lowest BCUT2D eigenvalue weighted by atomic mass is 10.0. The number of benzene rings is 3. The molecule has 5 amide bonds. The molecule has 0 radical (unpaired) electrons. The van der Waals surface area contributed by atoms with Gasteiger partial charge in [0.25, 0.3) is 0 Å². The third-order valence-corrected chi connectivity index (χ3v) is 20.9. The molecule has 0 aliphatic carbocycles. The molecule has 0 unspecified atom stereocenters. The van der Waals surface area contributed by atoms with Crippen LogP contribution in [0.1, 0.15) is 63.0 Å². The topological polar surface area (TPSA) is 207 Å². The van der Waals surface area contributed by atoms with Crippen LogP contribution in [0.2, 0.25) is 0 Å². The second kappa shape index (κ2) is 29.3. The van der Waals surface area contributed by atoms with Crippen molar-refractivity contribution in [2.75, 3.05) is 51.3 Å². The molecule has 0 bridgehead atoms. The molecule has 68 heavy (non-hydrogen) atoms. The average molecular weight is 1050 g/mol. The van der Waals surface area contributed by atoms with Gasteiger partial charge in [-0.05, 0) is 106 Å². The lowest BCUT2D eigenvalue weighted by Gasteiger charge is -2.26. The highest BCUT2D eigenvalue weighted by atomic mass is 33.3. The van der Waals surface area contributed by atoms with Gasteiger partial charge in [0.1, 0.15) is 41.1 Å². The van der Waals surface area contributed by atoms with E-state index in [9.17, 15) is 33.6 Å². The van der Waals surface area contributed by atoms with Gasteiger partial charge < -0.3 is 40.8 Å². The second-order valence-electron chi connectivity index (χ2n) is 17.7. The Labute approximate surface area is 418 Å². The quantitative estimate of drug-likeness (QED) is 0.0227. The van der Waals surface area contributed by atoms with Crippen molar-refractivity contribution in [3.63, 3.8) is 0 Å². The summed E-state index contributed by atoms with van der Waals surface area (Å²) in [5, 5.41) is 13.5. The maximum atomic E-state index is 14.0. The standard InChI is InChI=1S/C47H65N5O10P2S4/c1-46(2,3)61-34-23-21-32(22-24-34)26-36(52-45(59)62-47(4,5)6)43(57)50-37(29-65-67-63(7)8)41(55)48-27-40(54)49-35(25-31-17-13-11-14-18-31)42(56)51-38(30-66-68-64(9)10)44(58)60-28-39(53)33-19-15-12-16-20-33/h11-24,35-38H,25-30H2,1-10H3,(H,48,55)(H,49,54)(H,50,57)(H,51,56)(H,52,59)/t35-,36-,37-,38-/m0/s1. The molecule has 3 rings (SSSR count). The monoisotopic (exact) mass is 1050 g/mol. The van der Waals surface area contributed by atoms with E-state index in [-0.39, 0.29) is 24.3 Å². The number of ketones is 1. The molecule has 0 saturated carbocycles. The zero-order valence-corrected chi connectivity index (χ0v) is 45.3. The Balaban J connectivity index is 1.79. The van der Waals surface area contributed by atoms with Gasteiger partial charge in [-0.1, -0.05) is 115 Å². The first-order valence-electron chi connectivity index (χ1n) is 21.7. The Kier molecular flexibility index (Phi) is 25.1. The minimum Gasteiger partial charge on any atom is -0.488 e. The number of Topliss-reactive ketones (excluding diaryl/α,β-unsaturated/α-hetero) is 1. The summed E-state index contributed by atoms with van der Waals surface area (Å²) in [5.74, 6) is -3.04. The van der Waals surface area contributed by atoms with Crippen LogP contribution in [0.4, 0.5) is 4.79 Å². The number of esters is 1. The van der Waals surface area contributed by atoms with Gasteiger partial charge in [0.2, 0.25) is 23.6 Å². The zero-order valence-electron chi connectivity index (χ0n) is 40.2. The van der Waals surface area contributed by atoms with E-state index in [0.717, 1.165) is 0 Å². The van der Waals surface area contributed by atoms with E-state index >= 15 is 0 Å². The SMILES string of the molecule is CP(C)SSC[C@H](NC(=O)[C@H](Cc1ccc(OC(C)(C)C)cc1)NC(=O)OC(C)(C)C)C(=O)NCC(=O)N[C@@H](Cc1ccccc1)C(=O)N[C@@H](CSSP(C)C)C(=O)OCC(=O)c1ccccc1. The van der Waals surface area contributed by atoms with Crippen molar-refractivity contribution in [2.24, 2.45) is 0 Å². The van der Waals surface area contributed by atoms with Crippen LogP contribution >= 0.6 is 56.7 Å². The van der Waals surface area contributed by atoms with E-state index < -0.39 is 104 Å². The number of carbonyl (C=O) groups excluding carboxylic acids is 7. The molecule has 5 N–H and O–H groups in total. The van der Waals surface area contributed by atoms with Gasteiger partial charge in [-0.15, -0.1) is 0 Å². The first kappa shape index (κ1) is 58.3. The molecule has 15 nitrogen and oxygen atoms in total. The van der Waals surface area contributed by atoms with Gasteiger partial charge in [-0.2, -0.15) is 0 Å². The van der Waals surface area contributed by atoms with Crippen molar-refractivity contribution >= 4 is 98.1 Å². The van der Waals surface area contributed by atoms with Crippen LogP contribution < -0.4 is 31.3 Å². The summed E-state index contributed by atoms with van der Waals surface area (Å²) >= 11 is 0. The molecule has 21 heteroatoms. The number of rotatable bonds is 26. The summed E-state index contributed by atoms with van der Waals surface area (Å²) in [4.78, 5) is 94.7. The van der Waals surface area contributed by atoms with Crippen molar-refractivity contribution in [1.29, 1.82) is 0 Å². The molecule has 0 saturated heterocycles. The maximum Gasteiger partial charge on any atom is 0.408 e. The van der Waals surface area contributed by atoms with Crippen LogP contribution in [-0.2, 0) is 46.3 Å². The van der Waals surface area contributed by atoms with Crippen molar-refractivity contribution < 1.29 is 47.8 Å². The highest BCUT2D eigenvalue weighted by Gasteiger charge is 2.32. The van der Waals surface area contributed by atoms with Crippen molar-refractivity contribution in [3.8, 4) is 5.75 Å². The normalized spacial score (nSPS) is 13.3. The molecule has 4 atom stereocenters. The minimum atomic E-state index is -1.19. The molecule has 0 aliphatic heterocycles. The van der Waals surface area contributed by atoms with E-state index in [0.29, 0.717) is 22.4 Å². The van der Waals surface area contributed by atoms with Gasteiger partial charge in [0.15, 0.2) is 12.4 Å². The van der Waals surface area contributed by atoms with Crippen LogP contribution in [0, 0.1) is 0 Å². The Morgan fingerprint density at radius 1 is 0.574 bits per heavy atom. The summed E-state index contributed by atoms with van der Waals surface area (Å²) in [5.41, 5.74) is 0.515. The molecule has 0 aromatic heterocycles. The molecule has 3 aromatic rings. The van der Waals surface area contributed by atoms with Crippen molar-refractivity contribution in [1.82, 2.24) is 26.6 Å². The first-order chi connectivity index (χ1) is 32.0. The highest BCUT2D eigenvalue weighted by molar-refractivity contribution is 8.99. The van der Waals surface area contributed by atoms with Gasteiger partial charge >= 0.3 is 12.1 Å². The van der Waals surface area contributed by atoms with Crippen LogP contribution in [0.3, 0.4) is 0 Å². The molecule has 0 fully saturated rings. The molecule has 3 aromatic carbocycles. The van der Waals surface area contributed by atoms with Crippen molar-refractivity contribution in [3.05, 3.63) is 102 Å². The van der Waals surface area contributed by atoms with Crippen LogP contribution in [0.15, 0.2) is 84.9 Å². The lowest BCUT2D eigenvalue weighted by molar-refractivity contribution is -0.146. The summed E-state index contributed by atoms with van der Waals surface area (Å²) < 4.78 is 16.8. The number of hydrogen-bond acceptors (Lipinski definition) is 14. The first-order valence-corrected chi connectivity index (χ1v) is 32.0. The summed E-state index contributed by atoms with van der Waals surface area (Å²) in [6.45, 7) is 18.0. The fourth-order valence-corrected chi connectivity index (χ4v) is 14.4. The van der Waals surface area contributed by atoms with E-state index in [1.165, 1.54) is 21.6 Å². The number of ether oxygens (including phenoxy) is 3. The molecule has 0 aliphatic rings. The largest absolute Gasteiger partial charge is 0.488 e. The number of carbonyl (C=O) groups is 7. The minimum absolute atomic E-state index is 0.0413. The summed E-state index contributed by atoms with van der Waals surface area (Å²) in [6, 6.07) is 19.8. The fourth-order valence-electron chi connectivity index (χ4n) is 5.79. The predicted molar refractivity (Wildman–Crippen MR) is 282 cm³/mol. The molecule has 372 valence electrons. The number of amides is 5. The Morgan fingerprint density at radius 3 is 1.60 bits per heavy atom. The molecular formula is C47H65N5O10P2S4. The van der Waals surface area contributed by atoms with Crippen LogP contribution in [0.5, 0.6) is 5.75 Å². The van der Waals surface area contributed by atoms with E-state index in [1.807, 2.05) is 53.5 Å². The Morgan fingerprint density at radius 2 is 1.07 bits per heavy atom. The van der Waals surface area contributed by atoms with E-state index in [4.69, 9.17) is 14.2 Å². The van der Waals surface area contributed by atoms with Crippen LogP contribution in [0.25, 0.3) is 0 Å². The third-order valence-electron chi connectivity index (χ3n) is 8.70. The second-order valence-corrected chi connectivity index (χ2v) is 31.7. The van der Waals surface area contributed by atoms with Gasteiger partial charge in [0, 0.05) is 29.9 Å². The van der Waals surface area contributed by atoms with Crippen molar-refractivity contribution in [2.45, 2.75) is 89.8 Å². The maximum absolute atomic E-state index is 14.0. The number of nitrogens with one attached hydrogen (secondary N) is 5. The molecule has 0 heterocycles. The zero-order chi connectivity index (χ0) is 50.4. The number of hydrogen-bond donors (Lipinski definition) is 5.